The Hall–Kier alpha value is -3.36. The Morgan fingerprint density at radius 3 is 1.88 bits per heavy atom. The second kappa shape index (κ2) is 9.48. The molecule has 3 rings (SSSR count). The van der Waals surface area contributed by atoms with Crippen molar-refractivity contribution in [1.82, 2.24) is 10.3 Å². The third-order valence-corrected chi connectivity index (χ3v) is 5.28. The van der Waals surface area contributed by atoms with E-state index in [1.54, 1.807) is 56.3 Å². The number of rotatable bonds is 6. The lowest BCUT2D eigenvalue weighted by atomic mass is 9.80. The highest BCUT2D eigenvalue weighted by atomic mass is 19.4. The van der Waals surface area contributed by atoms with E-state index in [4.69, 9.17) is 0 Å². The van der Waals surface area contributed by atoms with Gasteiger partial charge in [0.05, 0.1) is 11.1 Å². The van der Waals surface area contributed by atoms with Crippen LogP contribution in [0.2, 0.25) is 0 Å². The molecule has 0 saturated heterocycles. The topological polar surface area (TPSA) is 42.0 Å². The summed E-state index contributed by atoms with van der Waals surface area (Å²) in [6.07, 6.45) is -8.44. The fourth-order valence-corrected chi connectivity index (χ4v) is 3.72. The zero-order valence-corrected chi connectivity index (χ0v) is 18.3. The number of aromatic nitrogens is 1. The zero-order chi connectivity index (χ0) is 25.1. The van der Waals surface area contributed by atoms with Crippen LogP contribution in [0.4, 0.5) is 26.3 Å². The van der Waals surface area contributed by atoms with E-state index < -0.39 is 40.8 Å². The fourth-order valence-electron chi connectivity index (χ4n) is 3.72. The quantitative estimate of drug-likeness (QED) is 0.392. The second-order valence-electron chi connectivity index (χ2n) is 8.56. The highest BCUT2D eigenvalue weighted by molar-refractivity contribution is 5.92. The minimum Gasteiger partial charge on any atom is -0.346 e. The number of nitrogens with zero attached hydrogens (tertiary/aromatic N) is 1. The van der Waals surface area contributed by atoms with E-state index >= 15 is 0 Å². The molecule has 1 heterocycles. The predicted molar refractivity (Wildman–Crippen MR) is 115 cm³/mol. The highest BCUT2D eigenvalue weighted by Gasteiger charge is 2.38. The smallest absolute Gasteiger partial charge is 0.346 e. The SMILES string of the molecule is CC(C)(C[C@@H](c1ccccc1)c1cc(C(F)(F)F)cc(C(F)(F)F)c1)NC(=O)c1ccccn1. The standard InChI is InChI=1S/C25H22F6N2O/c1-23(2,33-22(34)21-10-6-7-11-32-21)15-20(16-8-4-3-5-9-16)17-12-18(24(26,27)28)14-19(13-17)25(29,30)31/h3-14,20H,15H2,1-2H3,(H,33,34)/t20-/m0/s1. The van der Waals surface area contributed by atoms with Gasteiger partial charge in [-0.1, -0.05) is 36.4 Å². The molecular weight excluding hydrogens is 458 g/mol. The van der Waals surface area contributed by atoms with Crippen LogP contribution >= 0.6 is 0 Å². The van der Waals surface area contributed by atoms with Gasteiger partial charge in [-0.3, -0.25) is 9.78 Å². The number of carbonyl (C=O) groups is 1. The van der Waals surface area contributed by atoms with E-state index in [9.17, 15) is 31.1 Å². The molecule has 0 saturated carbocycles. The lowest BCUT2D eigenvalue weighted by molar-refractivity contribution is -0.143. The third kappa shape index (κ3) is 6.36. The molecule has 0 radical (unpaired) electrons. The van der Waals surface area contributed by atoms with Gasteiger partial charge in [-0.05, 0) is 61.7 Å². The summed E-state index contributed by atoms with van der Waals surface area (Å²) in [4.78, 5) is 16.6. The lowest BCUT2D eigenvalue weighted by Gasteiger charge is -2.32. The molecule has 9 heteroatoms. The average molecular weight is 480 g/mol. The van der Waals surface area contributed by atoms with Gasteiger partial charge in [-0.2, -0.15) is 26.3 Å². The van der Waals surface area contributed by atoms with Crippen molar-refractivity contribution in [2.24, 2.45) is 0 Å². The molecule has 0 aliphatic rings. The average Bonchev–Trinajstić information content (AvgIpc) is 2.77. The van der Waals surface area contributed by atoms with Crippen molar-refractivity contribution in [3.05, 3.63) is 101 Å². The maximum atomic E-state index is 13.5. The monoisotopic (exact) mass is 480 g/mol. The summed E-state index contributed by atoms with van der Waals surface area (Å²) in [7, 11) is 0. The molecule has 1 amide bonds. The Labute approximate surface area is 192 Å². The predicted octanol–water partition coefficient (Wildman–Crippen LogP) is 6.85. The van der Waals surface area contributed by atoms with Gasteiger partial charge in [0, 0.05) is 17.7 Å². The molecule has 1 aromatic heterocycles. The Bertz CT molecular complexity index is 1090. The normalized spacial score (nSPS) is 13.4. The molecule has 3 aromatic rings. The molecule has 0 spiro atoms. The molecule has 2 aromatic carbocycles. The van der Waals surface area contributed by atoms with Crippen LogP contribution < -0.4 is 5.32 Å². The summed E-state index contributed by atoms with van der Waals surface area (Å²) in [5.74, 6) is -1.36. The maximum absolute atomic E-state index is 13.5. The van der Waals surface area contributed by atoms with Crippen LogP contribution in [0.1, 0.15) is 58.9 Å². The fraction of sp³-hybridized carbons (Fsp3) is 0.280. The largest absolute Gasteiger partial charge is 0.416 e. The van der Waals surface area contributed by atoms with Crippen LogP contribution in [-0.4, -0.2) is 16.4 Å². The molecule has 0 fully saturated rings. The first-order chi connectivity index (χ1) is 15.8. The molecular formula is C25H22F6N2O. The summed E-state index contributed by atoms with van der Waals surface area (Å²) in [5.41, 5.74) is -3.24. The molecule has 3 nitrogen and oxygen atoms in total. The van der Waals surface area contributed by atoms with Crippen molar-refractivity contribution in [3.63, 3.8) is 0 Å². The van der Waals surface area contributed by atoms with Gasteiger partial charge in [-0.25, -0.2) is 0 Å². The number of hydrogen-bond donors (Lipinski definition) is 1. The van der Waals surface area contributed by atoms with E-state index in [1.807, 2.05) is 0 Å². The van der Waals surface area contributed by atoms with Crippen LogP contribution in [0.15, 0.2) is 72.9 Å². The Kier molecular flexibility index (Phi) is 7.05. The van der Waals surface area contributed by atoms with Crippen LogP contribution in [0.5, 0.6) is 0 Å². The molecule has 0 bridgehead atoms. The summed E-state index contributed by atoms with van der Waals surface area (Å²) in [6.45, 7) is 3.31. The number of nitrogens with one attached hydrogen (secondary N) is 1. The number of benzene rings is 2. The van der Waals surface area contributed by atoms with Gasteiger partial charge in [0.25, 0.3) is 5.91 Å². The van der Waals surface area contributed by atoms with Gasteiger partial charge in [-0.15, -0.1) is 0 Å². The zero-order valence-electron chi connectivity index (χ0n) is 18.3. The second-order valence-corrected chi connectivity index (χ2v) is 8.56. The first-order valence-electron chi connectivity index (χ1n) is 10.3. The number of pyridine rings is 1. The Balaban J connectivity index is 2.05. The first kappa shape index (κ1) is 25.3. The van der Waals surface area contributed by atoms with Crippen LogP contribution in [-0.2, 0) is 12.4 Å². The number of carbonyl (C=O) groups excluding carboxylic acids is 1. The summed E-state index contributed by atoms with van der Waals surface area (Å²) in [6, 6.07) is 14.6. The van der Waals surface area contributed by atoms with Crippen LogP contribution in [0.3, 0.4) is 0 Å². The molecule has 34 heavy (non-hydrogen) atoms. The van der Waals surface area contributed by atoms with Crippen molar-refractivity contribution in [1.29, 1.82) is 0 Å². The van der Waals surface area contributed by atoms with E-state index in [1.165, 1.54) is 12.3 Å². The van der Waals surface area contributed by atoms with Crippen LogP contribution in [0.25, 0.3) is 0 Å². The van der Waals surface area contributed by atoms with E-state index in [0.717, 1.165) is 12.1 Å². The molecule has 0 unspecified atom stereocenters. The molecule has 0 aliphatic heterocycles. The lowest BCUT2D eigenvalue weighted by Crippen LogP contribution is -2.44. The Morgan fingerprint density at radius 1 is 0.824 bits per heavy atom. The van der Waals surface area contributed by atoms with Gasteiger partial charge in [0.2, 0.25) is 0 Å². The number of halogens is 6. The van der Waals surface area contributed by atoms with Crippen molar-refractivity contribution < 1.29 is 31.1 Å². The van der Waals surface area contributed by atoms with Gasteiger partial charge >= 0.3 is 12.4 Å². The number of amides is 1. The van der Waals surface area contributed by atoms with Gasteiger partial charge in [0.15, 0.2) is 0 Å². The Morgan fingerprint density at radius 2 is 1.38 bits per heavy atom. The van der Waals surface area contributed by atoms with E-state index in [-0.39, 0.29) is 23.7 Å². The van der Waals surface area contributed by atoms with Crippen molar-refractivity contribution >= 4 is 5.91 Å². The minimum absolute atomic E-state index is 0.0359. The van der Waals surface area contributed by atoms with Gasteiger partial charge < -0.3 is 5.32 Å². The van der Waals surface area contributed by atoms with Gasteiger partial charge in [0.1, 0.15) is 5.69 Å². The van der Waals surface area contributed by atoms with Crippen molar-refractivity contribution in [2.45, 2.75) is 44.1 Å². The molecule has 1 N–H and O–H groups in total. The van der Waals surface area contributed by atoms with Crippen molar-refractivity contribution in [2.75, 3.05) is 0 Å². The first-order valence-corrected chi connectivity index (χ1v) is 10.3. The molecule has 0 aliphatic carbocycles. The summed E-state index contributed by atoms with van der Waals surface area (Å²) in [5, 5.41) is 2.79. The maximum Gasteiger partial charge on any atom is 0.416 e. The van der Waals surface area contributed by atoms with E-state index in [2.05, 4.69) is 10.3 Å². The molecule has 1 atom stereocenters. The van der Waals surface area contributed by atoms with Crippen LogP contribution in [0, 0.1) is 0 Å². The number of alkyl halides is 6. The van der Waals surface area contributed by atoms with Crippen molar-refractivity contribution in [3.8, 4) is 0 Å². The molecule has 180 valence electrons. The minimum atomic E-state index is -4.96. The highest BCUT2D eigenvalue weighted by Crippen LogP contribution is 2.41. The van der Waals surface area contributed by atoms with E-state index in [0.29, 0.717) is 5.56 Å². The summed E-state index contributed by atoms with van der Waals surface area (Å²) < 4.78 is 80.8. The number of hydrogen-bond acceptors (Lipinski definition) is 2. The summed E-state index contributed by atoms with van der Waals surface area (Å²) >= 11 is 0. The third-order valence-electron chi connectivity index (χ3n) is 5.28.